The largest absolute Gasteiger partial charge is 0.389 e. The van der Waals surface area contributed by atoms with Crippen LogP contribution in [0.15, 0.2) is 18.2 Å². The van der Waals surface area contributed by atoms with E-state index in [1.54, 1.807) is 6.07 Å². The Morgan fingerprint density at radius 1 is 1.33 bits per heavy atom. The molecule has 1 aromatic carbocycles. The Kier molecular flexibility index (Phi) is 5.89. The highest BCUT2D eigenvalue weighted by molar-refractivity contribution is 7.80. The van der Waals surface area contributed by atoms with Crippen LogP contribution in [0.4, 0.5) is 5.69 Å². The molecule has 0 aliphatic heterocycles. The van der Waals surface area contributed by atoms with Gasteiger partial charge in [-0.2, -0.15) is 0 Å². The normalized spacial score (nSPS) is 12.5. The average Bonchev–Trinajstić information content (AvgIpc) is 2.26. The minimum Gasteiger partial charge on any atom is -0.389 e. The number of nitrogens with two attached hydrogens (primary N) is 1. The fourth-order valence-corrected chi connectivity index (χ4v) is 2.37. The van der Waals surface area contributed by atoms with Crippen LogP contribution in [0.2, 0.25) is 5.02 Å². The van der Waals surface area contributed by atoms with Gasteiger partial charge in [-0.15, -0.1) is 0 Å². The van der Waals surface area contributed by atoms with E-state index in [2.05, 4.69) is 26.1 Å². The van der Waals surface area contributed by atoms with Crippen LogP contribution in [-0.2, 0) is 0 Å². The summed E-state index contributed by atoms with van der Waals surface area (Å²) in [6.45, 7) is 6.62. The highest BCUT2D eigenvalue weighted by atomic mass is 35.5. The molecule has 0 saturated heterocycles. The lowest BCUT2D eigenvalue weighted by Gasteiger charge is -2.19. The zero-order valence-electron chi connectivity index (χ0n) is 11.2. The van der Waals surface area contributed by atoms with Gasteiger partial charge in [-0.05, 0) is 37.8 Å². The van der Waals surface area contributed by atoms with Crippen LogP contribution in [0, 0.1) is 5.92 Å². The molecule has 18 heavy (non-hydrogen) atoms. The Balaban J connectivity index is 2.78. The Labute approximate surface area is 120 Å². The molecular weight excluding hydrogens is 264 g/mol. The summed E-state index contributed by atoms with van der Waals surface area (Å²) in [5.74, 6) is 0.712. The van der Waals surface area contributed by atoms with Crippen molar-refractivity contribution in [2.24, 2.45) is 11.7 Å². The van der Waals surface area contributed by atoms with Crippen molar-refractivity contribution in [3.05, 3.63) is 28.8 Å². The summed E-state index contributed by atoms with van der Waals surface area (Å²) in [5.41, 5.74) is 7.38. The molecule has 0 amide bonds. The number of hydrogen-bond acceptors (Lipinski definition) is 2. The molecule has 1 unspecified atom stereocenters. The van der Waals surface area contributed by atoms with E-state index >= 15 is 0 Å². The van der Waals surface area contributed by atoms with E-state index in [4.69, 9.17) is 29.6 Å². The minimum atomic E-state index is 0.333. The van der Waals surface area contributed by atoms with Crippen LogP contribution in [0.5, 0.6) is 0 Å². The molecule has 0 aromatic heterocycles. The van der Waals surface area contributed by atoms with Gasteiger partial charge in [0.15, 0.2) is 0 Å². The Morgan fingerprint density at radius 2 is 2.00 bits per heavy atom. The molecule has 3 N–H and O–H groups in total. The second-order valence-electron chi connectivity index (χ2n) is 5.04. The molecule has 100 valence electrons. The molecular formula is C14H21ClN2S. The van der Waals surface area contributed by atoms with Crippen molar-refractivity contribution in [3.63, 3.8) is 0 Å². The maximum Gasteiger partial charge on any atom is 0.107 e. The number of hydrogen-bond donors (Lipinski definition) is 2. The smallest absolute Gasteiger partial charge is 0.107 e. The SMILES string of the molecule is CC(C)CCC(C)Nc1cccc(Cl)c1C(N)=S. The summed E-state index contributed by atoms with van der Waals surface area (Å²) >= 11 is 11.2. The van der Waals surface area contributed by atoms with E-state index in [1.165, 1.54) is 6.42 Å². The van der Waals surface area contributed by atoms with Gasteiger partial charge in [0.1, 0.15) is 4.99 Å². The molecule has 2 nitrogen and oxygen atoms in total. The first-order valence-electron chi connectivity index (χ1n) is 6.26. The summed E-state index contributed by atoms with van der Waals surface area (Å²) in [6.07, 6.45) is 2.30. The molecule has 0 fully saturated rings. The first kappa shape index (κ1) is 15.3. The quantitative estimate of drug-likeness (QED) is 0.769. The van der Waals surface area contributed by atoms with Gasteiger partial charge in [0.05, 0.1) is 10.6 Å². The molecule has 0 spiro atoms. The monoisotopic (exact) mass is 284 g/mol. The first-order valence-corrected chi connectivity index (χ1v) is 7.05. The lowest BCUT2D eigenvalue weighted by Crippen LogP contribution is -2.20. The number of halogens is 1. The third kappa shape index (κ3) is 4.46. The number of nitrogens with one attached hydrogen (secondary N) is 1. The lowest BCUT2D eigenvalue weighted by molar-refractivity contribution is 0.527. The predicted molar refractivity (Wildman–Crippen MR) is 84.5 cm³/mol. The van der Waals surface area contributed by atoms with Crippen LogP contribution in [-0.4, -0.2) is 11.0 Å². The van der Waals surface area contributed by atoms with E-state index in [0.717, 1.165) is 17.7 Å². The van der Waals surface area contributed by atoms with Crippen molar-refractivity contribution >= 4 is 34.5 Å². The highest BCUT2D eigenvalue weighted by Crippen LogP contribution is 2.25. The minimum absolute atomic E-state index is 0.333. The maximum absolute atomic E-state index is 6.13. The molecule has 4 heteroatoms. The second kappa shape index (κ2) is 6.95. The van der Waals surface area contributed by atoms with Gasteiger partial charge < -0.3 is 11.1 Å². The van der Waals surface area contributed by atoms with Gasteiger partial charge in [-0.1, -0.05) is 43.7 Å². The van der Waals surface area contributed by atoms with Crippen LogP contribution in [0.1, 0.15) is 39.2 Å². The van der Waals surface area contributed by atoms with Crippen LogP contribution >= 0.6 is 23.8 Å². The van der Waals surface area contributed by atoms with Crippen molar-refractivity contribution in [2.75, 3.05) is 5.32 Å². The number of benzene rings is 1. The van der Waals surface area contributed by atoms with Gasteiger partial charge in [0, 0.05) is 11.7 Å². The fraction of sp³-hybridized carbons (Fsp3) is 0.500. The summed E-state index contributed by atoms with van der Waals surface area (Å²) in [5, 5.41) is 4.04. The standard InChI is InChI=1S/C14H21ClN2S/c1-9(2)7-8-10(3)17-12-6-4-5-11(15)13(12)14(16)18/h4-6,9-10,17H,7-8H2,1-3H3,(H2,16,18). The molecule has 0 bridgehead atoms. The highest BCUT2D eigenvalue weighted by Gasteiger charge is 2.12. The Bertz CT molecular complexity index is 418. The topological polar surface area (TPSA) is 38.0 Å². The molecule has 1 rings (SSSR count). The summed E-state index contributed by atoms with van der Waals surface area (Å²) < 4.78 is 0. The summed E-state index contributed by atoms with van der Waals surface area (Å²) in [6, 6.07) is 6.05. The molecule has 0 radical (unpaired) electrons. The van der Waals surface area contributed by atoms with Crippen molar-refractivity contribution < 1.29 is 0 Å². The maximum atomic E-state index is 6.13. The summed E-state index contributed by atoms with van der Waals surface area (Å²) in [7, 11) is 0. The van der Waals surface area contributed by atoms with Gasteiger partial charge >= 0.3 is 0 Å². The van der Waals surface area contributed by atoms with Crippen molar-refractivity contribution in [1.82, 2.24) is 0 Å². The molecule has 1 aromatic rings. The molecule has 0 saturated carbocycles. The second-order valence-corrected chi connectivity index (χ2v) is 5.89. The Hall–Kier alpha value is -0.800. The van der Waals surface area contributed by atoms with E-state index in [-0.39, 0.29) is 0 Å². The summed E-state index contributed by atoms with van der Waals surface area (Å²) in [4.78, 5) is 0.333. The van der Waals surface area contributed by atoms with Crippen molar-refractivity contribution in [1.29, 1.82) is 0 Å². The first-order chi connectivity index (χ1) is 8.41. The average molecular weight is 285 g/mol. The van der Waals surface area contributed by atoms with Gasteiger partial charge in [0.2, 0.25) is 0 Å². The fourth-order valence-electron chi connectivity index (χ4n) is 1.82. The number of anilines is 1. The number of rotatable bonds is 6. The van der Waals surface area contributed by atoms with E-state index in [1.807, 2.05) is 12.1 Å². The van der Waals surface area contributed by atoms with Gasteiger partial charge in [-0.25, -0.2) is 0 Å². The predicted octanol–water partition coefficient (Wildman–Crippen LogP) is 4.21. The molecule has 0 aliphatic carbocycles. The van der Waals surface area contributed by atoms with Gasteiger partial charge in [-0.3, -0.25) is 0 Å². The number of thiocarbonyl (C=S) groups is 1. The van der Waals surface area contributed by atoms with E-state index < -0.39 is 0 Å². The van der Waals surface area contributed by atoms with Crippen molar-refractivity contribution in [2.45, 2.75) is 39.7 Å². The van der Waals surface area contributed by atoms with Crippen LogP contribution < -0.4 is 11.1 Å². The van der Waals surface area contributed by atoms with E-state index in [9.17, 15) is 0 Å². The molecule has 0 aliphatic rings. The van der Waals surface area contributed by atoms with Crippen molar-refractivity contribution in [3.8, 4) is 0 Å². The van der Waals surface area contributed by atoms with Crippen LogP contribution in [0.3, 0.4) is 0 Å². The third-order valence-electron chi connectivity index (χ3n) is 2.84. The third-order valence-corrected chi connectivity index (χ3v) is 3.36. The molecule has 1 atom stereocenters. The molecule has 0 heterocycles. The lowest BCUT2D eigenvalue weighted by atomic mass is 10.0. The zero-order chi connectivity index (χ0) is 13.7. The zero-order valence-corrected chi connectivity index (χ0v) is 12.7. The Morgan fingerprint density at radius 3 is 2.56 bits per heavy atom. The van der Waals surface area contributed by atoms with E-state index in [0.29, 0.717) is 22.0 Å². The van der Waals surface area contributed by atoms with Crippen LogP contribution in [0.25, 0.3) is 0 Å². The van der Waals surface area contributed by atoms with Gasteiger partial charge in [0.25, 0.3) is 0 Å².